The topological polar surface area (TPSA) is 103 Å². The van der Waals surface area contributed by atoms with Crippen LogP contribution in [-0.2, 0) is 25.4 Å². The molecule has 0 radical (unpaired) electrons. The molecule has 0 aromatic heterocycles. The van der Waals surface area contributed by atoms with E-state index < -0.39 is 18.4 Å². The highest BCUT2D eigenvalue weighted by Gasteiger charge is 2.44. The van der Waals surface area contributed by atoms with Gasteiger partial charge in [0.25, 0.3) is 6.29 Å². The normalized spacial score (nSPS) is 22.5. The van der Waals surface area contributed by atoms with Gasteiger partial charge in [0.05, 0.1) is 32.0 Å². The third-order valence-electron chi connectivity index (χ3n) is 5.25. The summed E-state index contributed by atoms with van der Waals surface area (Å²) >= 11 is 0. The lowest BCUT2D eigenvalue weighted by molar-refractivity contribution is -0.141. The van der Waals surface area contributed by atoms with E-state index in [-0.39, 0.29) is 17.6 Å². The van der Waals surface area contributed by atoms with Gasteiger partial charge >= 0.3 is 12.1 Å². The first kappa shape index (κ1) is 20.6. The molecule has 156 valence electrons. The zero-order valence-corrected chi connectivity index (χ0v) is 16.6. The molecule has 29 heavy (non-hydrogen) atoms. The number of aromatic hydroxyl groups is 1. The highest BCUT2D eigenvalue weighted by atomic mass is 16.7. The van der Waals surface area contributed by atoms with Crippen molar-refractivity contribution in [2.75, 3.05) is 20.8 Å². The fourth-order valence-corrected chi connectivity index (χ4v) is 3.70. The molecule has 0 fully saturated rings. The number of benzene rings is 1. The van der Waals surface area contributed by atoms with E-state index in [1.54, 1.807) is 18.2 Å². The van der Waals surface area contributed by atoms with Gasteiger partial charge in [-0.15, -0.1) is 0 Å². The Kier molecular flexibility index (Phi) is 6.31. The molecule has 1 heterocycles. The van der Waals surface area contributed by atoms with Gasteiger partial charge in [0.15, 0.2) is 11.5 Å². The Morgan fingerprint density at radius 2 is 2.10 bits per heavy atom. The van der Waals surface area contributed by atoms with Crippen LogP contribution in [0, 0.1) is 11.8 Å². The summed E-state index contributed by atoms with van der Waals surface area (Å²) in [7, 11) is 2.80. The summed E-state index contributed by atoms with van der Waals surface area (Å²) < 4.78 is 20.9. The average Bonchev–Trinajstić information content (AvgIpc) is 3.11. The Hall–Kier alpha value is -3.16. The number of alkyl carbamates (subject to hydrolysis) is 1. The Labute approximate surface area is 169 Å². The molecule has 2 aliphatic rings. The largest absolute Gasteiger partial charge is 0.504 e. The maximum absolute atomic E-state index is 12.2. The molecule has 8 heteroatoms. The molecule has 0 spiro atoms. The molecule has 3 rings (SSSR count). The number of amides is 1. The summed E-state index contributed by atoms with van der Waals surface area (Å²) in [6.45, 7) is 2.27. The molecule has 0 bridgehead atoms. The van der Waals surface area contributed by atoms with E-state index in [1.807, 2.05) is 13.0 Å². The molecule has 1 aliphatic heterocycles. The molecule has 2 N–H and O–H groups in total. The molecule has 1 amide bonds. The fraction of sp³-hybridized carbons (Fsp3) is 0.429. The van der Waals surface area contributed by atoms with E-state index in [4.69, 9.17) is 18.9 Å². The van der Waals surface area contributed by atoms with Gasteiger partial charge in [0, 0.05) is 12.5 Å². The lowest BCUT2D eigenvalue weighted by atomic mass is 9.84. The van der Waals surface area contributed by atoms with Crippen LogP contribution in [0.3, 0.4) is 0 Å². The third-order valence-corrected chi connectivity index (χ3v) is 5.25. The van der Waals surface area contributed by atoms with Crippen molar-refractivity contribution in [1.29, 1.82) is 0 Å². The first-order chi connectivity index (χ1) is 13.9. The second-order valence-corrected chi connectivity index (χ2v) is 6.97. The monoisotopic (exact) mass is 403 g/mol. The Balaban J connectivity index is 1.56. The van der Waals surface area contributed by atoms with Crippen LogP contribution in [0.4, 0.5) is 4.79 Å². The van der Waals surface area contributed by atoms with Crippen LogP contribution in [0.25, 0.3) is 0 Å². The van der Waals surface area contributed by atoms with E-state index in [0.29, 0.717) is 30.7 Å². The number of allylic oxidation sites excluding steroid dienone is 1. The van der Waals surface area contributed by atoms with Gasteiger partial charge in [-0.05, 0) is 37.5 Å². The standard InChI is InChI=1S/C21H25NO7/c1-12-4-6-14-15(19(24)27-3)11-28-20(18(12)14)29-21(25)22-9-8-13-5-7-16(23)17(10-13)26-2/h4-5,7,10-11,14,18,20,23H,6,8-9H2,1-3H3,(H,22,25). The third kappa shape index (κ3) is 4.47. The molecule has 3 atom stereocenters. The number of carbonyl (C=O) groups excluding carboxylic acids is 2. The van der Waals surface area contributed by atoms with Gasteiger partial charge < -0.3 is 29.4 Å². The first-order valence-electron chi connectivity index (χ1n) is 9.35. The van der Waals surface area contributed by atoms with Crippen molar-refractivity contribution >= 4 is 12.1 Å². The minimum absolute atomic E-state index is 0.0620. The smallest absolute Gasteiger partial charge is 0.410 e. The Bertz CT molecular complexity index is 845. The SMILES string of the molecule is COC(=O)C1=COC(OC(=O)NCCc2ccc(O)c(OC)c2)C2C(C)=CCC12. The molecule has 3 unspecified atom stereocenters. The number of phenols is 1. The predicted molar refractivity (Wildman–Crippen MR) is 103 cm³/mol. The van der Waals surface area contributed by atoms with Crippen molar-refractivity contribution in [3.05, 3.63) is 47.2 Å². The number of phenolic OH excluding ortho intramolecular Hbond substituents is 1. The van der Waals surface area contributed by atoms with Crippen LogP contribution in [-0.4, -0.2) is 44.2 Å². The number of hydrogen-bond donors (Lipinski definition) is 2. The number of methoxy groups -OCH3 is 2. The fourth-order valence-electron chi connectivity index (χ4n) is 3.70. The van der Waals surface area contributed by atoms with Crippen LogP contribution in [0.15, 0.2) is 41.7 Å². The maximum Gasteiger partial charge on any atom is 0.410 e. The number of nitrogens with one attached hydrogen (secondary N) is 1. The average molecular weight is 403 g/mol. The van der Waals surface area contributed by atoms with Gasteiger partial charge in [-0.1, -0.05) is 17.7 Å². The van der Waals surface area contributed by atoms with E-state index in [0.717, 1.165) is 11.1 Å². The highest BCUT2D eigenvalue weighted by molar-refractivity contribution is 5.89. The van der Waals surface area contributed by atoms with Crippen molar-refractivity contribution in [1.82, 2.24) is 5.32 Å². The number of fused-ring (bicyclic) bond motifs is 1. The number of hydrogen-bond acceptors (Lipinski definition) is 7. The van der Waals surface area contributed by atoms with Crippen molar-refractivity contribution in [2.24, 2.45) is 11.8 Å². The summed E-state index contributed by atoms with van der Waals surface area (Å²) in [5.74, 6) is -0.342. The number of ether oxygens (including phenoxy) is 4. The van der Waals surface area contributed by atoms with Gasteiger partial charge in [-0.2, -0.15) is 0 Å². The van der Waals surface area contributed by atoms with Crippen molar-refractivity contribution in [3.63, 3.8) is 0 Å². The molecular formula is C21H25NO7. The summed E-state index contributed by atoms with van der Waals surface area (Å²) in [6.07, 6.45) is 3.16. The van der Waals surface area contributed by atoms with Gasteiger partial charge in [-0.3, -0.25) is 0 Å². The Morgan fingerprint density at radius 1 is 1.31 bits per heavy atom. The van der Waals surface area contributed by atoms with Crippen molar-refractivity contribution in [3.8, 4) is 11.5 Å². The molecule has 0 saturated carbocycles. The van der Waals surface area contributed by atoms with Crippen LogP contribution >= 0.6 is 0 Å². The first-order valence-corrected chi connectivity index (χ1v) is 9.35. The number of carbonyl (C=O) groups is 2. The van der Waals surface area contributed by atoms with E-state index in [1.165, 1.54) is 20.5 Å². The lowest BCUT2D eigenvalue weighted by Crippen LogP contribution is -2.40. The van der Waals surface area contributed by atoms with Crippen LogP contribution in [0.1, 0.15) is 18.9 Å². The van der Waals surface area contributed by atoms with Gasteiger partial charge in [0.1, 0.15) is 0 Å². The molecule has 1 aliphatic carbocycles. The molecule has 8 nitrogen and oxygen atoms in total. The van der Waals surface area contributed by atoms with E-state index in [2.05, 4.69) is 5.32 Å². The maximum atomic E-state index is 12.2. The number of rotatable bonds is 6. The van der Waals surface area contributed by atoms with Crippen LogP contribution in [0.2, 0.25) is 0 Å². The highest BCUT2D eigenvalue weighted by Crippen LogP contribution is 2.43. The second kappa shape index (κ2) is 8.89. The minimum atomic E-state index is -0.805. The van der Waals surface area contributed by atoms with E-state index in [9.17, 15) is 14.7 Å². The van der Waals surface area contributed by atoms with Gasteiger partial charge in [-0.25, -0.2) is 9.59 Å². The minimum Gasteiger partial charge on any atom is -0.504 e. The summed E-state index contributed by atoms with van der Waals surface area (Å²) in [6, 6.07) is 5.01. The van der Waals surface area contributed by atoms with Gasteiger partial charge in [0.2, 0.25) is 0 Å². The van der Waals surface area contributed by atoms with Crippen LogP contribution in [0.5, 0.6) is 11.5 Å². The lowest BCUT2D eigenvalue weighted by Gasteiger charge is -2.33. The second-order valence-electron chi connectivity index (χ2n) is 6.97. The summed E-state index contributed by atoms with van der Waals surface area (Å²) in [5.41, 5.74) is 2.36. The molecular weight excluding hydrogens is 378 g/mol. The predicted octanol–water partition coefficient (Wildman–Crippen LogP) is 2.67. The quantitative estimate of drug-likeness (QED) is 0.556. The zero-order valence-electron chi connectivity index (χ0n) is 16.6. The van der Waals surface area contributed by atoms with E-state index >= 15 is 0 Å². The zero-order chi connectivity index (χ0) is 21.0. The Morgan fingerprint density at radius 3 is 2.83 bits per heavy atom. The molecule has 0 saturated heterocycles. The summed E-state index contributed by atoms with van der Waals surface area (Å²) in [5, 5.41) is 12.3. The van der Waals surface area contributed by atoms with Crippen molar-refractivity contribution in [2.45, 2.75) is 26.1 Å². The van der Waals surface area contributed by atoms with Crippen molar-refractivity contribution < 1.29 is 33.6 Å². The number of esters is 1. The summed E-state index contributed by atoms with van der Waals surface area (Å²) in [4.78, 5) is 24.2. The molecule has 1 aromatic carbocycles. The van der Waals surface area contributed by atoms with Crippen LogP contribution < -0.4 is 10.1 Å². The molecule has 1 aromatic rings.